The van der Waals surface area contributed by atoms with Gasteiger partial charge in [0.1, 0.15) is 11.5 Å². The second-order valence-corrected chi connectivity index (χ2v) is 7.38. The van der Waals surface area contributed by atoms with E-state index in [-0.39, 0.29) is 17.8 Å². The minimum absolute atomic E-state index is 0. The highest BCUT2D eigenvalue weighted by molar-refractivity contribution is 5.85. The maximum atomic E-state index is 9.92. The Bertz CT molecular complexity index is 689. The quantitative estimate of drug-likeness (QED) is 0.723. The fourth-order valence-electron chi connectivity index (χ4n) is 4.03. The molecule has 1 aliphatic rings. The first-order valence-corrected chi connectivity index (χ1v) is 9.41. The molecule has 1 unspecified atom stereocenters. The van der Waals surface area contributed by atoms with Gasteiger partial charge in [-0.25, -0.2) is 0 Å². The van der Waals surface area contributed by atoms with Gasteiger partial charge in [0, 0.05) is 18.5 Å². The Morgan fingerprint density at radius 2 is 1.81 bits per heavy atom. The zero-order valence-electron chi connectivity index (χ0n) is 15.5. The van der Waals surface area contributed by atoms with Gasteiger partial charge in [0.15, 0.2) is 0 Å². The molecule has 0 amide bonds. The number of phenols is 2. The second kappa shape index (κ2) is 9.29. The van der Waals surface area contributed by atoms with E-state index < -0.39 is 0 Å². The van der Waals surface area contributed by atoms with Crippen molar-refractivity contribution in [2.75, 3.05) is 19.6 Å². The Kier molecular flexibility index (Phi) is 7.36. The summed E-state index contributed by atoms with van der Waals surface area (Å²) < 4.78 is 0. The topological polar surface area (TPSA) is 43.7 Å². The predicted octanol–water partition coefficient (Wildman–Crippen LogP) is 4.90. The predicted molar refractivity (Wildman–Crippen MR) is 109 cm³/mol. The average molecular weight is 376 g/mol. The first-order valence-electron chi connectivity index (χ1n) is 9.41. The van der Waals surface area contributed by atoms with Gasteiger partial charge in [0.2, 0.25) is 0 Å². The van der Waals surface area contributed by atoms with Crippen LogP contribution in [0.1, 0.15) is 43.7 Å². The number of benzene rings is 2. The maximum Gasteiger partial charge on any atom is 0.115 e. The fourth-order valence-corrected chi connectivity index (χ4v) is 4.03. The van der Waals surface area contributed by atoms with Crippen molar-refractivity contribution in [2.24, 2.45) is 0 Å². The minimum Gasteiger partial charge on any atom is -0.508 e. The van der Waals surface area contributed by atoms with Gasteiger partial charge in [-0.05, 0) is 61.2 Å². The van der Waals surface area contributed by atoms with E-state index in [1.807, 2.05) is 24.3 Å². The molecule has 1 fully saturated rings. The summed E-state index contributed by atoms with van der Waals surface area (Å²) in [5, 5.41) is 19.3. The lowest BCUT2D eigenvalue weighted by Crippen LogP contribution is -2.32. The van der Waals surface area contributed by atoms with E-state index in [0.717, 1.165) is 32.5 Å². The molecule has 2 N–H and O–H groups in total. The van der Waals surface area contributed by atoms with Crippen molar-refractivity contribution in [1.29, 1.82) is 0 Å². The number of hydrogen-bond acceptors (Lipinski definition) is 3. The van der Waals surface area contributed by atoms with Gasteiger partial charge in [0.05, 0.1) is 0 Å². The third kappa shape index (κ3) is 4.93. The standard InChI is InChI=1S/C22H29NO2.ClH/c1-2-3-12-22(19-5-4-6-21(25)16-19)13-15-23(17-22)14-11-18-7-9-20(24)10-8-18;/h4-10,16,24-25H,2-3,11-15,17H2,1H3;1H. The second-order valence-electron chi connectivity index (χ2n) is 7.38. The highest BCUT2D eigenvalue weighted by Gasteiger charge is 2.38. The van der Waals surface area contributed by atoms with Crippen molar-refractivity contribution in [2.45, 2.75) is 44.4 Å². The molecule has 26 heavy (non-hydrogen) atoms. The monoisotopic (exact) mass is 375 g/mol. The van der Waals surface area contributed by atoms with Crippen LogP contribution in [-0.2, 0) is 11.8 Å². The minimum atomic E-state index is 0. The lowest BCUT2D eigenvalue weighted by atomic mass is 9.75. The molecule has 0 aromatic heterocycles. The molecule has 1 aliphatic heterocycles. The summed E-state index contributed by atoms with van der Waals surface area (Å²) in [6.07, 6.45) is 5.77. The van der Waals surface area contributed by atoms with Crippen LogP contribution >= 0.6 is 12.4 Å². The molecular formula is C22H30ClNO2. The third-order valence-corrected chi connectivity index (χ3v) is 5.55. The molecule has 1 atom stereocenters. The summed E-state index contributed by atoms with van der Waals surface area (Å²) in [5.41, 5.74) is 2.72. The van der Waals surface area contributed by atoms with Crippen molar-refractivity contribution in [1.82, 2.24) is 4.90 Å². The summed E-state index contributed by atoms with van der Waals surface area (Å²) >= 11 is 0. The molecule has 0 aliphatic carbocycles. The van der Waals surface area contributed by atoms with Crippen LogP contribution in [0.5, 0.6) is 11.5 Å². The summed E-state index contributed by atoms with van der Waals surface area (Å²) in [5.74, 6) is 0.698. The number of phenolic OH excluding ortho intramolecular Hbond substituents is 2. The molecule has 0 bridgehead atoms. The molecule has 0 saturated carbocycles. The zero-order chi connectivity index (χ0) is 17.7. The number of halogens is 1. The molecular weight excluding hydrogens is 346 g/mol. The first kappa shape index (κ1) is 20.6. The molecule has 0 radical (unpaired) electrons. The summed E-state index contributed by atoms with van der Waals surface area (Å²) in [6.45, 7) is 5.46. The van der Waals surface area contributed by atoms with Gasteiger partial charge >= 0.3 is 0 Å². The van der Waals surface area contributed by atoms with E-state index in [9.17, 15) is 10.2 Å². The first-order chi connectivity index (χ1) is 12.1. The van der Waals surface area contributed by atoms with Crippen LogP contribution in [0.3, 0.4) is 0 Å². The zero-order valence-corrected chi connectivity index (χ0v) is 16.3. The van der Waals surface area contributed by atoms with Crippen LogP contribution in [-0.4, -0.2) is 34.7 Å². The number of rotatable bonds is 7. The number of nitrogens with zero attached hydrogens (tertiary/aromatic N) is 1. The van der Waals surface area contributed by atoms with Crippen molar-refractivity contribution in [3.05, 3.63) is 59.7 Å². The van der Waals surface area contributed by atoms with E-state index in [4.69, 9.17) is 0 Å². The maximum absolute atomic E-state index is 9.92. The normalized spacial score (nSPS) is 20.0. The van der Waals surface area contributed by atoms with Crippen LogP contribution < -0.4 is 0 Å². The molecule has 142 valence electrons. The van der Waals surface area contributed by atoms with E-state index in [2.05, 4.69) is 17.9 Å². The number of likely N-dealkylation sites (tertiary alicyclic amines) is 1. The van der Waals surface area contributed by atoms with Gasteiger partial charge in [-0.2, -0.15) is 0 Å². The summed E-state index contributed by atoms with van der Waals surface area (Å²) in [6, 6.07) is 15.4. The average Bonchev–Trinajstić information content (AvgIpc) is 3.04. The van der Waals surface area contributed by atoms with Gasteiger partial charge in [-0.3, -0.25) is 0 Å². The Labute approximate surface area is 163 Å². The summed E-state index contributed by atoms with van der Waals surface area (Å²) in [7, 11) is 0. The molecule has 1 saturated heterocycles. The highest BCUT2D eigenvalue weighted by atomic mass is 35.5. The van der Waals surface area contributed by atoms with Gasteiger partial charge in [-0.15, -0.1) is 12.4 Å². The van der Waals surface area contributed by atoms with Crippen molar-refractivity contribution in [3.8, 4) is 11.5 Å². The van der Waals surface area contributed by atoms with Crippen molar-refractivity contribution >= 4 is 12.4 Å². The molecule has 0 spiro atoms. The van der Waals surface area contributed by atoms with Crippen molar-refractivity contribution in [3.63, 3.8) is 0 Å². The van der Waals surface area contributed by atoms with Gasteiger partial charge in [0.25, 0.3) is 0 Å². The SMILES string of the molecule is CCCCC1(c2cccc(O)c2)CCN(CCc2ccc(O)cc2)C1.Cl. The molecule has 3 nitrogen and oxygen atoms in total. The highest BCUT2D eigenvalue weighted by Crippen LogP contribution is 2.40. The van der Waals surface area contributed by atoms with Crippen LogP contribution in [0.25, 0.3) is 0 Å². The molecule has 1 heterocycles. The molecule has 2 aromatic rings. The molecule has 4 heteroatoms. The van der Waals surface area contributed by atoms with Crippen LogP contribution in [0.15, 0.2) is 48.5 Å². The van der Waals surface area contributed by atoms with Crippen molar-refractivity contribution < 1.29 is 10.2 Å². The van der Waals surface area contributed by atoms with E-state index in [1.165, 1.54) is 30.4 Å². The van der Waals surface area contributed by atoms with E-state index in [0.29, 0.717) is 11.5 Å². The fraction of sp³-hybridized carbons (Fsp3) is 0.455. The Balaban J connectivity index is 0.00000243. The van der Waals surface area contributed by atoms with E-state index >= 15 is 0 Å². The van der Waals surface area contributed by atoms with Crippen LogP contribution in [0.4, 0.5) is 0 Å². The Morgan fingerprint density at radius 1 is 1.04 bits per heavy atom. The molecule has 3 rings (SSSR count). The van der Waals surface area contributed by atoms with Crippen LogP contribution in [0, 0.1) is 0 Å². The third-order valence-electron chi connectivity index (χ3n) is 5.55. The number of hydrogen-bond donors (Lipinski definition) is 2. The smallest absolute Gasteiger partial charge is 0.115 e. The van der Waals surface area contributed by atoms with E-state index in [1.54, 1.807) is 18.2 Å². The Morgan fingerprint density at radius 3 is 2.50 bits per heavy atom. The lowest BCUT2D eigenvalue weighted by molar-refractivity contribution is 0.302. The Hall–Kier alpha value is -1.71. The number of aromatic hydroxyl groups is 2. The number of unbranched alkanes of at least 4 members (excludes halogenated alkanes) is 1. The lowest BCUT2D eigenvalue weighted by Gasteiger charge is -2.30. The molecule has 2 aromatic carbocycles. The largest absolute Gasteiger partial charge is 0.508 e. The van der Waals surface area contributed by atoms with Gasteiger partial charge in [-0.1, -0.05) is 44.0 Å². The summed E-state index contributed by atoms with van der Waals surface area (Å²) in [4.78, 5) is 2.55. The van der Waals surface area contributed by atoms with Gasteiger partial charge < -0.3 is 15.1 Å². The van der Waals surface area contributed by atoms with Crippen LogP contribution in [0.2, 0.25) is 0 Å².